The van der Waals surface area contributed by atoms with Crippen LogP contribution in [0.2, 0.25) is 0 Å². The van der Waals surface area contributed by atoms with E-state index >= 15 is 0 Å². The highest BCUT2D eigenvalue weighted by Gasteiger charge is 2.46. The Morgan fingerprint density at radius 1 is 0.651 bits per heavy atom. The molecule has 43 heavy (non-hydrogen) atoms. The van der Waals surface area contributed by atoms with Crippen LogP contribution in [0.4, 0.5) is 0 Å². The summed E-state index contributed by atoms with van der Waals surface area (Å²) in [5.74, 6) is 0. The number of hydrogen-bond acceptors (Lipinski definition) is 14. The van der Waals surface area contributed by atoms with Crippen LogP contribution in [0.15, 0.2) is 0 Å². The van der Waals surface area contributed by atoms with Crippen molar-refractivity contribution in [3.05, 3.63) is 0 Å². The predicted octanol–water partition coefficient (Wildman–Crippen LogP) is -0.585. The maximum Gasteiger partial charge on any atom is 0.187 e. The average molecular weight is 635 g/mol. The second-order valence-electron chi connectivity index (χ2n) is 10.2. The zero-order valence-electron chi connectivity index (χ0n) is 27.1. The number of aliphatic hydroxyl groups excluding tert-OH is 9. The maximum atomic E-state index is 10.2. The van der Waals surface area contributed by atoms with Gasteiger partial charge in [0.05, 0.1) is 44.7 Å². The van der Waals surface area contributed by atoms with Gasteiger partial charge in [-0.15, -0.1) is 0 Å². The predicted molar refractivity (Wildman–Crippen MR) is 158 cm³/mol. The summed E-state index contributed by atoms with van der Waals surface area (Å²) in [7, 11) is 0. The molecule has 0 amide bonds. The van der Waals surface area contributed by atoms with Crippen molar-refractivity contribution in [3.8, 4) is 0 Å². The molecule has 0 bridgehead atoms. The van der Waals surface area contributed by atoms with Gasteiger partial charge in [0.25, 0.3) is 0 Å². The molecule has 262 valence electrons. The Morgan fingerprint density at radius 2 is 1.16 bits per heavy atom. The van der Waals surface area contributed by atoms with Crippen LogP contribution >= 0.6 is 0 Å². The first kappa shape index (κ1) is 44.6. The molecule has 9 N–H and O–H groups in total. The molecule has 14 heteroatoms. The van der Waals surface area contributed by atoms with Gasteiger partial charge in [-0.05, 0) is 6.42 Å². The molecule has 0 aromatic heterocycles. The number of ether oxygens (including phenoxy) is 5. The summed E-state index contributed by atoms with van der Waals surface area (Å²) < 4.78 is 27.3. The zero-order chi connectivity index (χ0) is 33.5. The topological polar surface area (TPSA) is 228 Å². The van der Waals surface area contributed by atoms with Crippen LogP contribution in [0.25, 0.3) is 0 Å². The van der Waals surface area contributed by atoms with Gasteiger partial charge in [-0.1, -0.05) is 61.3 Å². The van der Waals surface area contributed by atoms with E-state index in [0.717, 1.165) is 6.42 Å². The fraction of sp³-hybridized carbons (Fsp3) is 1.00. The summed E-state index contributed by atoms with van der Waals surface area (Å²) in [6, 6.07) is 0. The van der Waals surface area contributed by atoms with Gasteiger partial charge in [-0.25, -0.2) is 0 Å². The molecule has 14 nitrogen and oxygen atoms in total. The zero-order valence-corrected chi connectivity index (χ0v) is 27.1. The molecule has 0 spiro atoms. The van der Waals surface area contributed by atoms with Gasteiger partial charge in [0.15, 0.2) is 12.6 Å². The lowest BCUT2D eigenvalue weighted by molar-refractivity contribution is -0.326. The maximum absolute atomic E-state index is 10.2. The van der Waals surface area contributed by atoms with Crippen LogP contribution in [0.1, 0.15) is 80.6 Å². The third-order valence-corrected chi connectivity index (χ3v) is 5.97. The number of hydrogen-bond donors (Lipinski definition) is 9. The molecule has 0 aromatic rings. The Labute approximate surface area is 257 Å². The highest BCUT2D eigenvalue weighted by molar-refractivity contribution is 4.90. The van der Waals surface area contributed by atoms with E-state index in [9.17, 15) is 40.9 Å². The van der Waals surface area contributed by atoms with E-state index < -0.39 is 86.8 Å². The summed E-state index contributed by atoms with van der Waals surface area (Å²) in [5.41, 5.74) is 0. The fourth-order valence-electron chi connectivity index (χ4n) is 3.82. The van der Waals surface area contributed by atoms with Crippen molar-refractivity contribution in [2.24, 2.45) is 0 Å². The smallest absolute Gasteiger partial charge is 0.187 e. The second-order valence-corrected chi connectivity index (χ2v) is 10.2. The molecule has 8 unspecified atom stereocenters. The van der Waals surface area contributed by atoms with Crippen molar-refractivity contribution in [1.29, 1.82) is 0 Å². The van der Waals surface area contributed by atoms with Crippen molar-refractivity contribution < 1.29 is 69.6 Å². The number of aliphatic hydroxyl groups is 9. The van der Waals surface area contributed by atoms with Gasteiger partial charge >= 0.3 is 0 Å². The average Bonchev–Trinajstić information content (AvgIpc) is 3.00. The molecule has 0 radical (unpaired) electrons. The Bertz CT molecular complexity index is 612. The van der Waals surface area contributed by atoms with Gasteiger partial charge in [-0.2, -0.15) is 0 Å². The first-order valence-electron chi connectivity index (χ1n) is 15.6. The van der Waals surface area contributed by atoms with Crippen molar-refractivity contribution in [2.75, 3.05) is 33.0 Å². The van der Waals surface area contributed by atoms with E-state index in [1.54, 1.807) is 0 Å². The molecular formula is C29H62O14. The minimum absolute atomic E-state index is 0.0248. The Kier molecular flexibility index (Phi) is 27.6. The first-order chi connectivity index (χ1) is 20.5. The van der Waals surface area contributed by atoms with Gasteiger partial charge < -0.3 is 69.6 Å². The summed E-state index contributed by atoms with van der Waals surface area (Å²) >= 11 is 0. The van der Waals surface area contributed by atoms with Gasteiger partial charge in [0, 0.05) is 19.4 Å². The molecule has 12 atom stereocenters. The van der Waals surface area contributed by atoms with Gasteiger partial charge in [-0.3, -0.25) is 0 Å². The van der Waals surface area contributed by atoms with E-state index in [-0.39, 0.29) is 26.1 Å². The number of rotatable bonds is 8. The van der Waals surface area contributed by atoms with E-state index in [1.807, 2.05) is 20.8 Å². The quantitative estimate of drug-likeness (QED) is 0.163. The van der Waals surface area contributed by atoms with Crippen molar-refractivity contribution in [2.45, 2.75) is 154 Å². The summed E-state index contributed by atoms with van der Waals surface area (Å²) in [4.78, 5) is 0. The Hall–Kier alpha value is -0.560. The van der Waals surface area contributed by atoms with Crippen LogP contribution in [0, 0.1) is 0 Å². The molecular weight excluding hydrogens is 572 g/mol. The fourth-order valence-corrected chi connectivity index (χ4v) is 3.82. The third-order valence-electron chi connectivity index (χ3n) is 5.97. The van der Waals surface area contributed by atoms with Crippen molar-refractivity contribution in [3.63, 3.8) is 0 Å². The van der Waals surface area contributed by atoms with Crippen molar-refractivity contribution >= 4 is 0 Å². The van der Waals surface area contributed by atoms with Crippen LogP contribution in [-0.4, -0.2) is 153 Å². The molecule has 3 aliphatic rings. The molecule has 0 saturated carbocycles. The second kappa shape index (κ2) is 26.6. The van der Waals surface area contributed by atoms with Crippen LogP contribution < -0.4 is 0 Å². The molecule has 3 fully saturated rings. The molecule has 3 aliphatic heterocycles. The van der Waals surface area contributed by atoms with E-state index in [4.69, 9.17) is 28.8 Å². The molecule has 0 aliphatic carbocycles. The highest BCUT2D eigenvalue weighted by Crippen LogP contribution is 2.27. The van der Waals surface area contributed by atoms with Crippen molar-refractivity contribution in [1.82, 2.24) is 0 Å². The Morgan fingerprint density at radius 3 is 1.65 bits per heavy atom. The largest absolute Gasteiger partial charge is 0.396 e. The lowest BCUT2D eigenvalue weighted by atomic mass is 9.98. The van der Waals surface area contributed by atoms with Gasteiger partial charge in [0.1, 0.15) is 42.7 Å². The minimum atomic E-state index is -1.60. The normalized spacial score (nSPS) is 37.1. The van der Waals surface area contributed by atoms with Gasteiger partial charge in [0.2, 0.25) is 0 Å². The van der Waals surface area contributed by atoms with E-state index in [2.05, 4.69) is 27.7 Å². The molecule has 0 aromatic carbocycles. The van der Waals surface area contributed by atoms with Crippen LogP contribution in [-0.2, 0) is 23.7 Å². The molecule has 3 saturated heterocycles. The summed E-state index contributed by atoms with van der Waals surface area (Å²) in [6.07, 6.45) is -10.4. The van der Waals surface area contributed by atoms with E-state index in [0.29, 0.717) is 6.61 Å². The summed E-state index contributed by atoms with van der Waals surface area (Å²) in [6.45, 7) is 13.5. The minimum Gasteiger partial charge on any atom is -0.396 e. The first-order valence-corrected chi connectivity index (χ1v) is 15.6. The standard InChI is InChI=1S/C18H32O13.C3H8O.2C3H8.C2H6/c19-3-12-8(21)2-9(22)17(30-12)28-5-7-1-11(10(23)6-27-7)29-18-16(26)15(25)14(24)13(4-20)31-18;1-2-3-4;2*1-3-2;1-2/h7-26H,1-6H2;4H,2-3H2,1H3;2*3H2,1-2H3;1-2H3/t7?,8-,9?,10?,11?,12?,13?,14+,15?,16?,17-,18-;;;;/m0..../s1. The third kappa shape index (κ3) is 16.5. The van der Waals surface area contributed by atoms with Crippen LogP contribution in [0.3, 0.4) is 0 Å². The monoisotopic (exact) mass is 634 g/mol. The highest BCUT2D eigenvalue weighted by atomic mass is 16.7. The SMILES string of the molecule is CC.CCC.CCC.CCCO.OCC1O[C@H](OC2CC(CO[C@H]3OC(CO)[C@@H](O)CC3O)OCC2O)C(O)C(O)[C@@H]1O. The van der Waals surface area contributed by atoms with E-state index in [1.165, 1.54) is 12.8 Å². The Balaban J connectivity index is 0. The molecule has 3 rings (SSSR count). The van der Waals surface area contributed by atoms with Crippen LogP contribution in [0.5, 0.6) is 0 Å². The lowest BCUT2D eigenvalue weighted by Crippen LogP contribution is -2.60. The summed E-state index contributed by atoms with van der Waals surface area (Å²) in [5, 5.41) is 86.1. The molecule has 3 heterocycles. The lowest BCUT2D eigenvalue weighted by Gasteiger charge is -2.43.